The van der Waals surface area contributed by atoms with Crippen LogP contribution in [0.4, 0.5) is 0 Å². The van der Waals surface area contributed by atoms with E-state index < -0.39 is 0 Å². The molecule has 0 aliphatic heterocycles. The molecule has 0 saturated carbocycles. The lowest BCUT2D eigenvalue weighted by Gasteiger charge is -2.00. The second-order valence-electron chi connectivity index (χ2n) is 2.46. The summed E-state index contributed by atoms with van der Waals surface area (Å²) in [5.41, 5.74) is 1.23. The first-order chi connectivity index (χ1) is 6.27. The molecule has 0 N–H and O–H groups in total. The molecule has 0 amide bonds. The maximum absolute atomic E-state index is 11.0. The number of methoxy groups -OCH3 is 2. The first-order valence-corrected chi connectivity index (χ1v) is 3.80. The number of ether oxygens (including phenoxy) is 2. The van der Waals surface area contributed by atoms with Crippen molar-refractivity contribution in [2.24, 2.45) is 0 Å². The number of hydrogen-bond acceptors (Lipinski definition) is 4. The Morgan fingerprint density at radius 2 is 2.23 bits per heavy atom. The van der Waals surface area contributed by atoms with Gasteiger partial charge in [0.05, 0.1) is 25.0 Å². The van der Waals surface area contributed by atoms with E-state index in [0.717, 1.165) is 5.69 Å². The Labute approximate surface area is 76.5 Å². The molecule has 0 unspecified atom stereocenters. The van der Waals surface area contributed by atoms with Crippen LogP contribution in [0.5, 0.6) is 0 Å². The van der Waals surface area contributed by atoms with Crippen LogP contribution in [0, 0.1) is 0 Å². The molecular formula is C9H11NO3. The lowest BCUT2D eigenvalue weighted by molar-refractivity contribution is 0.0600. The molecule has 13 heavy (non-hydrogen) atoms. The Hall–Kier alpha value is -1.42. The Balaban J connectivity index is 2.75. The summed E-state index contributed by atoms with van der Waals surface area (Å²) in [6.45, 7) is 0.446. The van der Waals surface area contributed by atoms with E-state index in [4.69, 9.17) is 4.74 Å². The average molecular weight is 181 g/mol. The molecule has 0 aliphatic carbocycles. The normalized spacial score (nSPS) is 9.69. The smallest absolute Gasteiger partial charge is 0.339 e. The van der Waals surface area contributed by atoms with Crippen LogP contribution >= 0.6 is 0 Å². The second-order valence-corrected chi connectivity index (χ2v) is 2.46. The van der Waals surface area contributed by atoms with Gasteiger partial charge in [-0.1, -0.05) is 0 Å². The van der Waals surface area contributed by atoms with Gasteiger partial charge in [0, 0.05) is 13.3 Å². The fourth-order valence-corrected chi connectivity index (χ4v) is 0.896. The molecule has 4 nitrogen and oxygen atoms in total. The summed E-state index contributed by atoms with van der Waals surface area (Å²) in [4.78, 5) is 15.0. The molecule has 1 aromatic heterocycles. The highest BCUT2D eigenvalue weighted by molar-refractivity contribution is 5.88. The highest BCUT2D eigenvalue weighted by Crippen LogP contribution is 2.02. The minimum absolute atomic E-state index is 0.378. The van der Waals surface area contributed by atoms with Crippen molar-refractivity contribution in [1.29, 1.82) is 0 Å². The minimum Gasteiger partial charge on any atom is -0.465 e. The zero-order chi connectivity index (χ0) is 9.68. The summed E-state index contributed by atoms with van der Waals surface area (Å²) >= 11 is 0. The first kappa shape index (κ1) is 9.67. The van der Waals surface area contributed by atoms with Gasteiger partial charge in [-0.15, -0.1) is 0 Å². The van der Waals surface area contributed by atoms with Gasteiger partial charge in [-0.05, 0) is 12.1 Å². The lowest BCUT2D eigenvalue weighted by atomic mass is 10.2. The fraction of sp³-hybridized carbons (Fsp3) is 0.333. The summed E-state index contributed by atoms with van der Waals surface area (Å²) in [7, 11) is 2.93. The number of esters is 1. The molecule has 0 spiro atoms. The van der Waals surface area contributed by atoms with Gasteiger partial charge in [-0.3, -0.25) is 4.98 Å². The van der Waals surface area contributed by atoms with Crippen LogP contribution in [0.3, 0.4) is 0 Å². The molecule has 0 atom stereocenters. The fourth-order valence-electron chi connectivity index (χ4n) is 0.896. The molecule has 70 valence electrons. The Kier molecular flexibility index (Phi) is 3.40. The standard InChI is InChI=1S/C9H11NO3/c1-12-6-8-4-3-7(5-10-8)9(11)13-2/h3-5H,6H2,1-2H3. The van der Waals surface area contributed by atoms with Crippen LogP contribution in [0.1, 0.15) is 16.1 Å². The van der Waals surface area contributed by atoms with Crippen molar-refractivity contribution >= 4 is 5.97 Å². The molecule has 0 aliphatic rings. The summed E-state index contributed by atoms with van der Waals surface area (Å²) < 4.78 is 9.40. The van der Waals surface area contributed by atoms with Gasteiger partial charge in [-0.25, -0.2) is 4.79 Å². The van der Waals surface area contributed by atoms with Crippen molar-refractivity contribution in [3.8, 4) is 0 Å². The maximum Gasteiger partial charge on any atom is 0.339 e. The zero-order valence-corrected chi connectivity index (χ0v) is 7.61. The highest BCUT2D eigenvalue weighted by Gasteiger charge is 2.04. The summed E-state index contributed by atoms with van der Waals surface area (Å²) in [5.74, 6) is -0.378. The van der Waals surface area contributed by atoms with Crippen LogP contribution in [-0.2, 0) is 16.1 Å². The quantitative estimate of drug-likeness (QED) is 0.653. The van der Waals surface area contributed by atoms with Gasteiger partial charge < -0.3 is 9.47 Å². The van der Waals surface area contributed by atoms with Crippen molar-refractivity contribution in [3.63, 3.8) is 0 Å². The molecule has 0 saturated heterocycles. The SMILES string of the molecule is COCc1ccc(C(=O)OC)cn1. The molecule has 0 aromatic carbocycles. The monoisotopic (exact) mass is 181 g/mol. The molecule has 1 aromatic rings. The molecule has 0 bridgehead atoms. The lowest BCUT2D eigenvalue weighted by Crippen LogP contribution is -2.02. The predicted octanol–water partition coefficient (Wildman–Crippen LogP) is 1.01. The Bertz CT molecular complexity index is 281. The van der Waals surface area contributed by atoms with Gasteiger partial charge in [0.1, 0.15) is 0 Å². The van der Waals surface area contributed by atoms with Gasteiger partial charge in [-0.2, -0.15) is 0 Å². The van der Waals surface area contributed by atoms with E-state index in [1.807, 2.05) is 0 Å². The first-order valence-electron chi connectivity index (χ1n) is 3.80. The summed E-state index contributed by atoms with van der Waals surface area (Å²) in [6, 6.07) is 3.39. The van der Waals surface area contributed by atoms with Gasteiger partial charge >= 0.3 is 5.97 Å². The Morgan fingerprint density at radius 3 is 2.69 bits per heavy atom. The molecule has 1 rings (SSSR count). The van der Waals surface area contributed by atoms with Gasteiger partial charge in [0.25, 0.3) is 0 Å². The van der Waals surface area contributed by atoms with E-state index in [0.29, 0.717) is 12.2 Å². The van der Waals surface area contributed by atoms with E-state index >= 15 is 0 Å². The maximum atomic E-state index is 11.0. The van der Waals surface area contributed by atoms with E-state index in [1.54, 1.807) is 19.2 Å². The van der Waals surface area contributed by atoms with E-state index in [2.05, 4.69) is 9.72 Å². The van der Waals surface area contributed by atoms with Crippen molar-refractivity contribution in [2.75, 3.05) is 14.2 Å². The number of aromatic nitrogens is 1. The molecule has 0 fully saturated rings. The number of rotatable bonds is 3. The van der Waals surface area contributed by atoms with Gasteiger partial charge in [0.15, 0.2) is 0 Å². The van der Waals surface area contributed by atoms with Gasteiger partial charge in [0.2, 0.25) is 0 Å². The molecular weight excluding hydrogens is 170 g/mol. The molecule has 4 heteroatoms. The predicted molar refractivity (Wildman–Crippen MR) is 46.3 cm³/mol. The topological polar surface area (TPSA) is 48.4 Å². The van der Waals surface area contributed by atoms with Crippen molar-refractivity contribution in [2.45, 2.75) is 6.61 Å². The third-order valence-electron chi connectivity index (χ3n) is 1.54. The van der Waals surface area contributed by atoms with Crippen LogP contribution in [0.2, 0.25) is 0 Å². The third-order valence-corrected chi connectivity index (χ3v) is 1.54. The van der Waals surface area contributed by atoms with Crippen molar-refractivity contribution in [1.82, 2.24) is 4.98 Å². The van der Waals surface area contributed by atoms with Crippen LogP contribution in [0.15, 0.2) is 18.3 Å². The average Bonchev–Trinajstić information content (AvgIpc) is 2.18. The largest absolute Gasteiger partial charge is 0.465 e. The minimum atomic E-state index is -0.378. The van der Waals surface area contributed by atoms with E-state index in [-0.39, 0.29) is 5.97 Å². The van der Waals surface area contributed by atoms with Crippen LogP contribution in [0.25, 0.3) is 0 Å². The zero-order valence-electron chi connectivity index (χ0n) is 7.61. The number of nitrogens with zero attached hydrogens (tertiary/aromatic N) is 1. The summed E-state index contributed by atoms with van der Waals surface area (Å²) in [5, 5.41) is 0. The van der Waals surface area contributed by atoms with E-state index in [9.17, 15) is 4.79 Å². The van der Waals surface area contributed by atoms with E-state index in [1.165, 1.54) is 13.3 Å². The summed E-state index contributed by atoms with van der Waals surface area (Å²) in [6.07, 6.45) is 1.47. The number of carbonyl (C=O) groups is 1. The second kappa shape index (κ2) is 4.57. The third kappa shape index (κ3) is 2.52. The Morgan fingerprint density at radius 1 is 1.46 bits per heavy atom. The van der Waals surface area contributed by atoms with Crippen LogP contribution in [-0.4, -0.2) is 25.2 Å². The molecule has 0 radical (unpaired) electrons. The number of carbonyl (C=O) groups excluding carboxylic acids is 1. The van der Waals surface area contributed by atoms with Crippen molar-refractivity contribution in [3.05, 3.63) is 29.6 Å². The highest BCUT2D eigenvalue weighted by atomic mass is 16.5. The number of pyridine rings is 1. The molecule has 1 heterocycles. The number of hydrogen-bond donors (Lipinski definition) is 0. The van der Waals surface area contributed by atoms with Crippen molar-refractivity contribution < 1.29 is 14.3 Å². The van der Waals surface area contributed by atoms with Crippen LogP contribution < -0.4 is 0 Å².